The van der Waals surface area contributed by atoms with Crippen LogP contribution in [0, 0.1) is 12.8 Å². The highest BCUT2D eigenvalue weighted by atomic mass is 35.5. The Morgan fingerprint density at radius 1 is 1.10 bits per heavy atom. The van der Waals surface area contributed by atoms with Crippen LogP contribution in [0.4, 0.5) is 5.69 Å². The van der Waals surface area contributed by atoms with E-state index >= 15 is 0 Å². The van der Waals surface area contributed by atoms with Gasteiger partial charge in [0.25, 0.3) is 0 Å². The first-order valence-corrected chi connectivity index (χ1v) is 9.85. The van der Waals surface area contributed by atoms with Gasteiger partial charge in [0.1, 0.15) is 5.75 Å². The predicted octanol–water partition coefficient (Wildman–Crippen LogP) is 5.74. The third-order valence-corrected chi connectivity index (χ3v) is 4.71. The Hall–Kier alpha value is -2.66. The molecule has 0 aliphatic carbocycles. The molecule has 0 atom stereocenters. The van der Waals surface area contributed by atoms with E-state index in [9.17, 15) is 4.79 Å². The predicted molar refractivity (Wildman–Crippen MR) is 118 cm³/mol. The molecule has 0 aliphatic heterocycles. The van der Waals surface area contributed by atoms with Crippen molar-refractivity contribution in [3.8, 4) is 17.2 Å². The molecule has 0 spiro atoms. The zero-order valence-corrected chi connectivity index (χ0v) is 18.3. The van der Waals surface area contributed by atoms with Crippen LogP contribution in [0.3, 0.4) is 0 Å². The second-order valence-corrected chi connectivity index (χ2v) is 7.47. The Morgan fingerprint density at radius 3 is 2.48 bits per heavy atom. The molecule has 1 amide bonds. The van der Waals surface area contributed by atoms with E-state index in [1.54, 1.807) is 25.3 Å². The lowest BCUT2D eigenvalue weighted by Gasteiger charge is -2.12. The summed E-state index contributed by atoms with van der Waals surface area (Å²) in [7, 11) is 3.13. The molecule has 0 aromatic heterocycles. The van der Waals surface area contributed by atoms with Crippen LogP contribution in [-0.2, 0) is 4.79 Å². The van der Waals surface area contributed by atoms with Crippen LogP contribution < -0.4 is 19.5 Å². The molecule has 1 N–H and O–H groups in total. The molecule has 0 saturated carbocycles. The van der Waals surface area contributed by atoms with Gasteiger partial charge in [-0.15, -0.1) is 0 Å². The van der Waals surface area contributed by atoms with E-state index in [-0.39, 0.29) is 5.91 Å². The van der Waals surface area contributed by atoms with Crippen LogP contribution in [0.15, 0.2) is 36.4 Å². The van der Waals surface area contributed by atoms with Gasteiger partial charge in [-0.1, -0.05) is 31.5 Å². The molecule has 0 unspecified atom stereocenters. The first kappa shape index (κ1) is 22.6. The number of methoxy groups -OCH3 is 2. The van der Waals surface area contributed by atoms with E-state index in [1.807, 2.05) is 25.1 Å². The monoisotopic (exact) mass is 417 g/mol. The van der Waals surface area contributed by atoms with E-state index in [1.165, 1.54) is 13.2 Å². The molecule has 0 heterocycles. The maximum atomic E-state index is 12.3. The fraction of sp³-hybridized carbons (Fsp3) is 0.348. The average molecular weight is 418 g/mol. The Labute approximate surface area is 177 Å². The summed E-state index contributed by atoms with van der Waals surface area (Å²) in [4.78, 5) is 12.3. The van der Waals surface area contributed by atoms with Crippen LogP contribution in [-0.4, -0.2) is 26.7 Å². The van der Waals surface area contributed by atoms with E-state index in [0.717, 1.165) is 17.5 Å². The van der Waals surface area contributed by atoms with Gasteiger partial charge in [0, 0.05) is 17.2 Å². The van der Waals surface area contributed by atoms with Gasteiger partial charge < -0.3 is 19.5 Å². The number of amides is 1. The minimum Gasteiger partial charge on any atom is -0.495 e. The van der Waals surface area contributed by atoms with Gasteiger partial charge >= 0.3 is 0 Å². The molecular formula is C23H28ClNO4. The van der Waals surface area contributed by atoms with Crippen molar-refractivity contribution in [1.29, 1.82) is 0 Å². The number of ether oxygens (including phenoxy) is 3. The first-order valence-electron chi connectivity index (χ1n) is 9.48. The summed E-state index contributed by atoms with van der Waals surface area (Å²) >= 11 is 6.10. The van der Waals surface area contributed by atoms with Crippen molar-refractivity contribution in [3.63, 3.8) is 0 Å². The van der Waals surface area contributed by atoms with Gasteiger partial charge in [0.2, 0.25) is 5.91 Å². The lowest BCUT2D eigenvalue weighted by atomic mass is 10.1. The number of carbonyl (C=O) groups is 1. The third kappa shape index (κ3) is 6.71. The molecule has 29 heavy (non-hydrogen) atoms. The van der Waals surface area contributed by atoms with Crippen molar-refractivity contribution in [2.24, 2.45) is 5.92 Å². The fourth-order valence-electron chi connectivity index (χ4n) is 2.59. The summed E-state index contributed by atoms with van der Waals surface area (Å²) in [5.41, 5.74) is 2.24. The Kier molecular flexibility index (Phi) is 8.40. The van der Waals surface area contributed by atoms with Crippen molar-refractivity contribution >= 4 is 29.3 Å². The summed E-state index contributed by atoms with van der Waals surface area (Å²) in [6.07, 6.45) is 4.14. The number of halogens is 1. The smallest absolute Gasteiger partial charge is 0.248 e. The second kappa shape index (κ2) is 10.8. The summed E-state index contributed by atoms with van der Waals surface area (Å²) < 4.78 is 16.5. The Bertz CT molecular complexity index is 877. The molecule has 0 bridgehead atoms. The molecule has 2 aromatic rings. The summed E-state index contributed by atoms with van der Waals surface area (Å²) in [6.45, 7) is 6.80. The van der Waals surface area contributed by atoms with Gasteiger partial charge in [-0.3, -0.25) is 4.79 Å². The van der Waals surface area contributed by atoms with Crippen LogP contribution in [0.25, 0.3) is 6.08 Å². The largest absolute Gasteiger partial charge is 0.495 e. The van der Waals surface area contributed by atoms with E-state index in [4.69, 9.17) is 25.8 Å². The number of anilines is 1. The molecule has 6 heteroatoms. The molecule has 2 rings (SSSR count). The lowest BCUT2D eigenvalue weighted by molar-refractivity contribution is -0.111. The average Bonchev–Trinajstić information content (AvgIpc) is 2.69. The van der Waals surface area contributed by atoms with Gasteiger partial charge in [-0.25, -0.2) is 0 Å². The minimum absolute atomic E-state index is 0.277. The van der Waals surface area contributed by atoms with Gasteiger partial charge in [0.05, 0.1) is 26.5 Å². The highest BCUT2D eigenvalue weighted by Crippen LogP contribution is 2.31. The van der Waals surface area contributed by atoms with Crippen LogP contribution >= 0.6 is 11.6 Å². The van der Waals surface area contributed by atoms with Gasteiger partial charge in [-0.05, 0) is 54.7 Å². The number of benzene rings is 2. The lowest BCUT2D eigenvalue weighted by Crippen LogP contribution is -2.09. The van der Waals surface area contributed by atoms with Crippen LogP contribution in [0.5, 0.6) is 17.2 Å². The number of hydrogen-bond acceptors (Lipinski definition) is 4. The standard InChI is InChI=1S/C23H28ClNO4/c1-15(2)10-11-29-20-8-6-17(13-22(20)28-5)7-9-23(26)25-19-12-16(3)18(24)14-21(19)27-4/h6-9,12-15H,10-11H2,1-5H3,(H,25,26)/b9-7+. The number of rotatable bonds is 9. The summed E-state index contributed by atoms with van der Waals surface area (Å²) in [6, 6.07) is 9.02. The Balaban J connectivity index is 2.07. The number of carbonyl (C=O) groups excluding carboxylic acids is 1. The van der Waals surface area contributed by atoms with E-state index in [0.29, 0.717) is 40.5 Å². The summed E-state index contributed by atoms with van der Waals surface area (Å²) in [5.74, 6) is 2.13. The van der Waals surface area contributed by atoms with Gasteiger partial charge in [-0.2, -0.15) is 0 Å². The molecule has 5 nitrogen and oxygen atoms in total. The topological polar surface area (TPSA) is 56.8 Å². The molecule has 0 radical (unpaired) electrons. The number of aryl methyl sites for hydroxylation is 1. The normalized spacial score (nSPS) is 11.0. The quantitative estimate of drug-likeness (QED) is 0.528. The number of nitrogens with one attached hydrogen (secondary N) is 1. The zero-order valence-electron chi connectivity index (χ0n) is 17.5. The van der Waals surface area contributed by atoms with Crippen LogP contribution in [0.2, 0.25) is 5.02 Å². The zero-order chi connectivity index (χ0) is 21.4. The van der Waals surface area contributed by atoms with Crippen molar-refractivity contribution in [2.45, 2.75) is 27.2 Å². The number of hydrogen-bond donors (Lipinski definition) is 1. The highest BCUT2D eigenvalue weighted by Gasteiger charge is 2.09. The van der Waals surface area contributed by atoms with Crippen molar-refractivity contribution < 1.29 is 19.0 Å². The van der Waals surface area contributed by atoms with Crippen molar-refractivity contribution in [1.82, 2.24) is 0 Å². The van der Waals surface area contributed by atoms with Crippen molar-refractivity contribution in [2.75, 3.05) is 26.1 Å². The molecule has 0 fully saturated rings. The van der Waals surface area contributed by atoms with E-state index < -0.39 is 0 Å². The van der Waals surface area contributed by atoms with Gasteiger partial charge in [0.15, 0.2) is 11.5 Å². The SMILES string of the molecule is COc1cc(Cl)c(C)cc1NC(=O)/C=C/c1ccc(OCCC(C)C)c(OC)c1. The molecule has 0 aliphatic rings. The maximum Gasteiger partial charge on any atom is 0.248 e. The van der Waals surface area contributed by atoms with Crippen LogP contribution in [0.1, 0.15) is 31.4 Å². The molecule has 156 valence electrons. The molecule has 0 saturated heterocycles. The highest BCUT2D eigenvalue weighted by molar-refractivity contribution is 6.31. The van der Waals surface area contributed by atoms with Crippen molar-refractivity contribution in [3.05, 3.63) is 52.6 Å². The second-order valence-electron chi connectivity index (χ2n) is 7.07. The fourth-order valence-corrected chi connectivity index (χ4v) is 2.74. The molecule has 2 aromatic carbocycles. The first-order chi connectivity index (χ1) is 13.8. The summed E-state index contributed by atoms with van der Waals surface area (Å²) in [5, 5.41) is 3.39. The third-order valence-electron chi connectivity index (χ3n) is 4.31. The van der Waals surface area contributed by atoms with E-state index in [2.05, 4.69) is 19.2 Å². The Morgan fingerprint density at radius 2 is 1.83 bits per heavy atom. The molecular weight excluding hydrogens is 390 g/mol. The maximum absolute atomic E-state index is 12.3. The minimum atomic E-state index is -0.277.